The number of hydrogen-bond acceptors (Lipinski definition) is 5. The van der Waals surface area contributed by atoms with E-state index in [0.29, 0.717) is 35.9 Å². The Bertz CT molecular complexity index is 944. The van der Waals surface area contributed by atoms with Crippen molar-refractivity contribution in [2.24, 2.45) is 0 Å². The van der Waals surface area contributed by atoms with Gasteiger partial charge in [-0.05, 0) is 51.5 Å². The van der Waals surface area contributed by atoms with Crippen LogP contribution in [-0.4, -0.2) is 39.8 Å². The van der Waals surface area contributed by atoms with E-state index >= 15 is 0 Å². The molecule has 0 saturated carbocycles. The molecule has 2 aromatic carbocycles. The molecule has 164 valence electrons. The second kappa shape index (κ2) is 10.9. The molecule has 30 heavy (non-hydrogen) atoms. The largest absolute Gasteiger partial charge is 0.492 e. The average molecular weight is 435 g/mol. The van der Waals surface area contributed by atoms with Crippen molar-refractivity contribution in [2.75, 3.05) is 29.0 Å². The van der Waals surface area contributed by atoms with Crippen LogP contribution in [0.4, 0.5) is 11.4 Å². The number of carbonyl (C=O) groups is 1. The third kappa shape index (κ3) is 7.26. The molecule has 0 unspecified atom stereocenters. The van der Waals surface area contributed by atoms with Crippen LogP contribution in [0.15, 0.2) is 48.5 Å². The molecule has 0 atom stereocenters. The first-order valence-corrected chi connectivity index (χ1v) is 11.8. The molecule has 0 spiro atoms. The highest BCUT2D eigenvalue weighted by molar-refractivity contribution is 7.92. The molecule has 0 aliphatic rings. The molecule has 0 radical (unpaired) electrons. The molecule has 8 heteroatoms. The lowest BCUT2D eigenvalue weighted by Crippen LogP contribution is -2.31. The van der Waals surface area contributed by atoms with Crippen LogP contribution in [-0.2, 0) is 14.8 Å². The number of benzene rings is 2. The molecule has 2 aromatic rings. The number of sulfonamides is 1. The van der Waals surface area contributed by atoms with Gasteiger partial charge >= 0.3 is 0 Å². The van der Waals surface area contributed by atoms with Crippen molar-refractivity contribution < 1.29 is 22.7 Å². The Hall–Kier alpha value is -2.74. The number of nitrogens with one attached hydrogen (secondary N) is 1. The molecule has 2 rings (SSSR count). The highest BCUT2D eigenvalue weighted by atomic mass is 32.2. The lowest BCUT2D eigenvalue weighted by Gasteiger charge is -2.24. The fourth-order valence-corrected chi connectivity index (χ4v) is 3.90. The van der Waals surface area contributed by atoms with Gasteiger partial charge in [0.25, 0.3) is 0 Å². The number of ether oxygens (including phenoxy) is 2. The lowest BCUT2D eigenvalue weighted by molar-refractivity contribution is -0.116. The summed E-state index contributed by atoms with van der Waals surface area (Å²) in [4.78, 5) is 12.3. The van der Waals surface area contributed by atoms with Crippen LogP contribution in [0.25, 0.3) is 0 Å². The Balaban J connectivity index is 2.00. The highest BCUT2D eigenvalue weighted by Crippen LogP contribution is 2.30. The monoisotopic (exact) mass is 434 g/mol. The summed E-state index contributed by atoms with van der Waals surface area (Å²) in [6.07, 6.45) is 1.73. The normalized spacial score (nSPS) is 11.2. The van der Waals surface area contributed by atoms with Crippen molar-refractivity contribution in [3.05, 3.63) is 48.5 Å². The predicted molar refractivity (Wildman–Crippen MR) is 120 cm³/mol. The van der Waals surface area contributed by atoms with E-state index in [9.17, 15) is 13.2 Å². The summed E-state index contributed by atoms with van der Waals surface area (Å²) in [5.41, 5.74) is 1.11. The summed E-state index contributed by atoms with van der Waals surface area (Å²) in [6.45, 7) is 6.31. The summed E-state index contributed by atoms with van der Waals surface area (Å²) in [5, 5.41) is 2.83. The topological polar surface area (TPSA) is 84.9 Å². The fourth-order valence-electron chi connectivity index (χ4n) is 2.93. The van der Waals surface area contributed by atoms with E-state index in [-0.39, 0.29) is 25.0 Å². The third-order valence-electron chi connectivity index (χ3n) is 4.09. The zero-order valence-electron chi connectivity index (χ0n) is 17.9. The van der Waals surface area contributed by atoms with Crippen molar-refractivity contribution >= 4 is 27.3 Å². The van der Waals surface area contributed by atoms with Gasteiger partial charge in [-0.2, -0.15) is 0 Å². The summed E-state index contributed by atoms with van der Waals surface area (Å²) >= 11 is 0. The van der Waals surface area contributed by atoms with E-state index in [1.54, 1.807) is 36.4 Å². The number of amides is 1. The minimum atomic E-state index is -3.53. The summed E-state index contributed by atoms with van der Waals surface area (Å²) in [6, 6.07) is 14.2. The Labute approximate surface area is 179 Å². The first-order chi connectivity index (χ1) is 14.2. The zero-order valence-corrected chi connectivity index (χ0v) is 18.7. The number of carbonyl (C=O) groups excluding carboxylic acids is 1. The molecular formula is C22H30N2O5S. The van der Waals surface area contributed by atoms with Crippen LogP contribution in [0.5, 0.6) is 11.5 Å². The van der Waals surface area contributed by atoms with E-state index in [4.69, 9.17) is 9.47 Å². The van der Waals surface area contributed by atoms with Gasteiger partial charge in [0.2, 0.25) is 15.9 Å². The number of hydrogen-bond donors (Lipinski definition) is 1. The molecule has 1 N–H and O–H groups in total. The standard InChI is InChI=1S/C22H30N2O5S/c1-5-28-21-13-7-6-12-20(21)24(30(4,26)27)15-9-14-22(25)23-18-10-8-11-19(16-18)29-17(2)3/h6-8,10-13,16-17H,5,9,14-15H2,1-4H3,(H,23,25). The second-order valence-corrected chi connectivity index (χ2v) is 8.99. The Morgan fingerprint density at radius 3 is 2.53 bits per heavy atom. The van der Waals surface area contributed by atoms with Crippen LogP contribution < -0.4 is 19.1 Å². The van der Waals surface area contributed by atoms with Crippen LogP contribution in [0.2, 0.25) is 0 Å². The van der Waals surface area contributed by atoms with Crippen molar-refractivity contribution in [1.29, 1.82) is 0 Å². The first-order valence-electron chi connectivity index (χ1n) is 9.96. The predicted octanol–water partition coefficient (Wildman–Crippen LogP) is 4.06. The molecule has 7 nitrogen and oxygen atoms in total. The quantitative estimate of drug-likeness (QED) is 0.577. The van der Waals surface area contributed by atoms with E-state index in [1.165, 1.54) is 4.31 Å². The number of para-hydroxylation sites is 2. The molecule has 0 aromatic heterocycles. The van der Waals surface area contributed by atoms with Gasteiger partial charge < -0.3 is 14.8 Å². The van der Waals surface area contributed by atoms with Crippen LogP contribution in [0, 0.1) is 0 Å². The molecule has 0 aliphatic heterocycles. The molecule has 1 amide bonds. The minimum Gasteiger partial charge on any atom is -0.492 e. The Morgan fingerprint density at radius 2 is 1.87 bits per heavy atom. The van der Waals surface area contributed by atoms with Gasteiger partial charge in [0, 0.05) is 24.7 Å². The fraction of sp³-hybridized carbons (Fsp3) is 0.409. The molecule has 0 aliphatic carbocycles. The van der Waals surface area contributed by atoms with Crippen molar-refractivity contribution in [3.63, 3.8) is 0 Å². The maximum Gasteiger partial charge on any atom is 0.232 e. The maximum atomic E-state index is 12.3. The number of nitrogens with zero attached hydrogens (tertiary/aromatic N) is 1. The molecular weight excluding hydrogens is 404 g/mol. The van der Waals surface area contributed by atoms with Gasteiger partial charge in [-0.25, -0.2) is 8.42 Å². The molecule has 0 saturated heterocycles. The Kier molecular flexibility index (Phi) is 8.53. The van der Waals surface area contributed by atoms with Gasteiger partial charge in [-0.15, -0.1) is 0 Å². The van der Waals surface area contributed by atoms with E-state index < -0.39 is 10.0 Å². The van der Waals surface area contributed by atoms with Crippen LogP contribution >= 0.6 is 0 Å². The van der Waals surface area contributed by atoms with Crippen LogP contribution in [0.1, 0.15) is 33.6 Å². The van der Waals surface area contributed by atoms with Gasteiger partial charge in [0.1, 0.15) is 11.5 Å². The maximum absolute atomic E-state index is 12.3. The summed E-state index contributed by atoms with van der Waals surface area (Å²) in [5.74, 6) is 0.985. The first kappa shape index (κ1) is 23.5. The van der Waals surface area contributed by atoms with E-state index in [1.807, 2.05) is 32.9 Å². The molecule has 0 bridgehead atoms. The second-order valence-electron chi connectivity index (χ2n) is 7.08. The number of rotatable bonds is 11. The van der Waals surface area contributed by atoms with Gasteiger partial charge in [0.05, 0.1) is 24.7 Å². The van der Waals surface area contributed by atoms with Gasteiger partial charge in [-0.3, -0.25) is 9.10 Å². The zero-order chi connectivity index (χ0) is 22.1. The third-order valence-corrected chi connectivity index (χ3v) is 5.27. The van der Waals surface area contributed by atoms with Crippen LogP contribution in [0.3, 0.4) is 0 Å². The van der Waals surface area contributed by atoms with Crippen molar-refractivity contribution in [3.8, 4) is 11.5 Å². The van der Waals surface area contributed by atoms with Gasteiger partial charge in [-0.1, -0.05) is 18.2 Å². The molecule has 0 heterocycles. The lowest BCUT2D eigenvalue weighted by atomic mass is 10.2. The SMILES string of the molecule is CCOc1ccccc1N(CCCC(=O)Nc1cccc(OC(C)C)c1)S(C)(=O)=O. The van der Waals surface area contributed by atoms with E-state index in [2.05, 4.69) is 5.32 Å². The summed E-state index contributed by atoms with van der Waals surface area (Å²) in [7, 11) is -3.53. The van der Waals surface area contributed by atoms with Crippen molar-refractivity contribution in [2.45, 2.75) is 39.7 Å². The minimum absolute atomic E-state index is 0.0393. The number of anilines is 2. The summed E-state index contributed by atoms with van der Waals surface area (Å²) < 4.78 is 37.1. The Morgan fingerprint density at radius 1 is 1.13 bits per heavy atom. The molecule has 0 fully saturated rings. The average Bonchev–Trinajstić information content (AvgIpc) is 2.65. The smallest absolute Gasteiger partial charge is 0.232 e. The highest BCUT2D eigenvalue weighted by Gasteiger charge is 2.21. The van der Waals surface area contributed by atoms with E-state index in [0.717, 1.165) is 6.26 Å². The van der Waals surface area contributed by atoms with Crippen molar-refractivity contribution in [1.82, 2.24) is 0 Å². The van der Waals surface area contributed by atoms with Gasteiger partial charge in [0.15, 0.2) is 0 Å².